The molecule has 0 amide bonds. The summed E-state index contributed by atoms with van der Waals surface area (Å²) in [4.78, 5) is 0. The lowest BCUT2D eigenvalue weighted by atomic mass is 9.88. The highest BCUT2D eigenvalue weighted by Gasteiger charge is 2.16. The summed E-state index contributed by atoms with van der Waals surface area (Å²) in [6, 6.07) is 20.8. The van der Waals surface area contributed by atoms with Gasteiger partial charge in [0.1, 0.15) is 0 Å². The van der Waals surface area contributed by atoms with Crippen LogP contribution in [0, 0.1) is 13.8 Å². The third kappa shape index (κ3) is 2.04. The third-order valence-corrected chi connectivity index (χ3v) is 4.82. The molecule has 0 bridgehead atoms. The second-order valence-electron chi connectivity index (χ2n) is 6.41. The van der Waals surface area contributed by atoms with Gasteiger partial charge in [0, 0.05) is 22.5 Å². The van der Waals surface area contributed by atoms with Gasteiger partial charge in [-0.2, -0.15) is 0 Å². The topological polar surface area (TPSA) is 52.0 Å². The summed E-state index contributed by atoms with van der Waals surface area (Å²) in [6.07, 6.45) is 0. The van der Waals surface area contributed by atoms with Crippen molar-refractivity contribution < 1.29 is 0 Å². The van der Waals surface area contributed by atoms with E-state index in [-0.39, 0.29) is 0 Å². The summed E-state index contributed by atoms with van der Waals surface area (Å²) in [5.74, 6) is 0. The second kappa shape index (κ2) is 5.27. The molecule has 0 heterocycles. The SMILES string of the molecule is Cc1cccc2ccc(N)c(-c3c(N)ccc4cccc(C)c34)c12. The van der Waals surface area contributed by atoms with Crippen LogP contribution in [0.15, 0.2) is 60.7 Å². The van der Waals surface area contributed by atoms with E-state index in [9.17, 15) is 0 Å². The Morgan fingerprint density at radius 3 is 1.38 bits per heavy atom. The molecule has 0 spiro atoms. The zero-order chi connectivity index (χ0) is 16.8. The molecule has 0 saturated heterocycles. The second-order valence-corrected chi connectivity index (χ2v) is 6.41. The van der Waals surface area contributed by atoms with E-state index in [1.54, 1.807) is 0 Å². The van der Waals surface area contributed by atoms with Crippen molar-refractivity contribution in [2.45, 2.75) is 13.8 Å². The first-order valence-electron chi connectivity index (χ1n) is 8.14. The molecule has 4 N–H and O–H groups in total. The summed E-state index contributed by atoms with van der Waals surface area (Å²) < 4.78 is 0. The van der Waals surface area contributed by atoms with Gasteiger partial charge >= 0.3 is 0 Å². The zero-order valence-corrected chi connectivity index (χ0v) is 13.9. The van der Waals surface area contributed by atoms with Gasteiger partial charge in [0.05, 0.1) is 0 Å². The van der Waals surface area contributed by atoms with Gasteiger partial charge in [0.15, 0.2) is 0 Å². The Morgan fingerprint density at radius 1 is 0.542 bits per heavy atom. The normalized spacial score (nSPS) is 11.2. The third-order valence-electron chi connectivity index (χ3n) is 4.82. The summed E-state index contributed by atoms with van der Waals surface area (Å²) in [6.45, 7) is 4.25. The van der Waals surface area contributed by atoms with Gasteiger partial charge in [-0.3, -0.25) is 0 Å². The molecule has 0 aliphatic heterocycles. The van der Waals surface area contributed by atoms with Crippen LogP contribution in [0.1, 0.15) is 11.1 Å². The largest absolute Gasteiger partial charge is 0.398 e. The number of hydrogen-bond acceptors (Lipinski definition) is 2. The molecule has 0 fully saturated rings. The van der Waals surface area contributed by atoms with E-state index in [0.717, 1.165) is 22.5 Å². The Bertz CT molecular complexity index is 1000. The number of aryl methyl sites for hydroxylation is 2. The fourth-order valence-electron chi connectivity index (χ4n) is 3.69. The van der Waals surface area contributed by atoms with Crippen LogP contribution in [0.2, 0.25) is 0 Å². The smallest absolute Gasteiger partial charge is 0.0401 e. The Kier molecular flexibility index (Phi) is 3.20. The van der Waals surface area contributed by atoms with Crippen molar-refractivity contribution >= 4 is 32.9 Å². The summed E-state index contributed by atoms with van der Waals surface area (Å²) in [7, 11) is 0. The molecule has 0 aliphatic rings. The van der Waals surface area contributed by atoms with Crippen LogP contribution in [0.3, 0.4) is 0 Å². The molecular formula is C22H20N2. The number of fused-ring (bicyclic) bond motifs is 2. The van der Waals surface area contributed by atoms with E-state index in [1.165, 1.54) is 32.7 Å². The maximum atomic E-state index is 6.44. The van der Waals surface area contributed by atoms with Gasteiger partial charge in [-0.05, 0) is 58.7 Å². The summed E-state index contributed by atoms with van der Waals surface area (Å²) in [5.41, 5.74) is 18.9. The van der Waals surface area contributed by atoms with Gasteiger partial charge in [0.2, 0.25) is 0 Å². The van der Waals surface area contributed by atoms with Crippen molar-refractivity contribution in [1.29, 1.82) is 0 Å². The van der Waals surface area contributed by atoms with E-state index in [0.29, 0.717) is 0 Å². The molecule has 118 valence electrons. The lowest BCUT2D eigenvalue weighted by Gasteiger charge is -2.18. The van der Waals surface area contributed by atoms with Crippen molar-refractivity contribution in [2.75, 3.05) is 11.5 Å². The Hall–Kier alpha value is -3.00. The van der Waals surface area contributed by atoms with E-state index < -0.39 is 0 Å². The minimum atomic E-state index is 0.763. The van der Waals surface area contributed by atoms with Gasteiger partial charge in [0.25, 0.3) is 0 Å². The number of nitrogens with two attached hydrogens (primary N) is 2. The molecule has 0 radical (unpaired) electrons. The lowest BCUT2D eigenvalue weighted by molar-refractivity contribution is 1.51. The van der Waals surface area contributed by atoms with Gasteiger partial charge in [-0.15, -0.1) is 0 Å². The fraction of sp³-hybridized carbons (Fsp3) is 0.0909. The van der Waals surface area contributed by atoms with Crippen LogP contribution in [0.4, 0.5) is 11.4 Å². The van der Waals surface area contributed by atoms with Gasteiger partial charge in [-0.25, -0.2) is 0 Å². The highest BCUT2D eigenvalue weighted by molar-refractivity contribution is 6.14. The van der Waals surface area contributed by atoms with Crippen LogP contribution in [0.5, 0.6) is 0 Å². The number of benzene rings is 4. The summed E-state index contributed by atoms with van der Waals surface area (Å²) in [5, 5.41) is 4.73. The molecular weight excluding hydrogens is 292 g/mol. The minimum Gasteiger partial charge on any atom is -0.398 e. The average molecular weight is 312 g/mol. The van der Waals surface area contributed by atoms with Crippen LogP contribution < -0.4 is 11.5 Å². The van der Waals surface area contributed by atoms with Crippen molar-refractivity contribution in [3.63, 3.8) is 0 Å². The molecule has 2 heteroatoms. The molecule has 4 rings (SSSR count). The first kappa shape index (κ1) is 14.6. The number of nitrogen functional groups attached to an aromatic ring is 2. The number of hydrogen-bond donors (Lipinski definition) is 2. The Balaban J connectivity index is 2.27. The molecule has 0 atom stereocenters. The monoisotopic (exact) mass is 312 g/mol. The van der Waals surface area contributed by atoms with Crippen molar-refractivity contribution in [1.82, 2.24) is 0 Å². The van der Waals surface area contributed by atoms with E-state index in [1.807, 2.05) is 12.1 Å². The Labute approximate surface area is 141 Å². The number of anilines is 2. The first-order valence-corrected chi connectivity index (χ1v) is 8.14. The predicted octanol–water partition coefficient (Wildman–Crippen LogP) is 5.44. The highest BCUT2D eigenvalue weighted by Crippen LogP contribution is 2.43. The van der Waals surface area contributed by atoms with Crippen LogP contribution in [0.25, 0.3) is 32.7 Å². The minimum absolute atomic E-state index is 0.763. The van der Waals surface area contributed by atoms with Gasteiger partial charge in [-0.1, -0.05) is 48.5 Å². The molecule has 4 aromatic rings. The first-order chi connectivity index (χ1) is 11.6. The molecule has 2 nitrogen and oxygen atoms in total. The van der Waals surface area contributed by atoms with E-state index in [4.69, 9.17) is 11.5 Å². The summed E-state index contributed by atoms with van der Waals surface area (Å²) >= 11 is 0. The molecule has 0 saturated carbocycles. The predicted molar refractivity (Wildman–Crippen MR) is 105 cm³/mol. The molecule has 24 heavy (non-hydrogen) atoms. The van der Waals surface area contributed by atoms with Gasteiger partial charge < -0.3 is 11.5 Å². The van der Waals surface area contributed by atoms with Crippen molar-refractivity contribution in [3.05, 3.63) is 71.8 Å². The van der Waals surface area contributed by atoms with Crippen molar-refractivity contribution in [2.24, 2.45) is 0 Å². The zero-order valence-electron chi connectivity index (χ0n) is 13.9. The van der Waals surface area contributed by atoms with E-state index in [2.05, 4.69) is 62.4 Å². The molecule has 0 unspecified atom stereocenters. The molecule has 0 aromatic heterocycles. The van der Waals surface area contributed by atoms with Crippen molar-refractivity contribution in [3.8, 4) is 11.1 Å². The molecule has 0 aliphatic carbocycles. The Morgan fingerprint density at radius 2 is 0.958 bits per heavy atom. The number of rotatable bonds is 1. The average Bonchev–Trinajstić information content (AvgIpc) is 2.57. The molecule has 4 aromatic carbocycles. The fourth-order valence-corrected chi connectivity index (χ4v) is 3.69. The van der Waals surface area contributed by atoms with Crippen LogP contribution in [-0.2, 0) is 0 Å². The quantitative estimate of drug-likeness (QED) is 0.460. The van der Waals surface area contributed by atoms with Crippen LogP contribution >= 0.6 is 0 Å². The van der Waals surface area contributed by atoms with E-state index >= 15 is 0 Å². The standard InChI is InChI=1S/C22H20N2/c1-13-5-3-7-15-9-11-17(23)21(19(13)15)22-18(24)12-10-16-8-4-6-14(2)20(16)22/h3-12H,23-24H2,1-2H3. The maximum Gasteiger partial charge on any atom is 0.0401 e. The van der Waals surface area contributed by atoms with Crippen LogP contribution in [-0.4, -0.2) is 0 Å². The maximum absolute atomic E-state index is 6.44. The highest BCUT2D eigenvalue weighted by atomic mass is 14.6. The lowest BCUT2D eigenvalue weighted by Crippen LogP contribution is -1.98.